The summed E-state index contributed by atoms with van der Waals surface area (Å²) in [4.78, 5) is 0. The Kier molecular flexibility index (Phi) is 11.2. The third kappa shape index (κ3) is 6.16. The maximum atomic E-state index is 6.51. The maximum Gasteiger partial charge on any atom is 0.272 e. The first-order chi connectivity index (χ1) is 12.8. The fraction of sp³-hybridized carbons (Fsp3) is 0.833. The number of hydrogen-bond donors (Lipinski definition) is 0. The van der Waals surface area contributed by atoms with E-state index in [0.29, 0.717) is 33.2 Å². The Balaban J connectivity index is 5.30. The van der Waals surface area contributed by atoms with E-state index in [1.165, 1.54) is 0 Å². The molecule has 0 saturated carbocycles. The first-order valence-corrected chi connectivity index (χ1v) is 15.6. The second-order valence-corrected chi connectivity index (χ2v) is 21.0. The molecule has 0 aromatic carbocycles. The summed E-state index contributed by atoms with van der Waals surface area (Å²) in [6, 6.07) is 0. The molecule has 2 nitrogen and oxygen atoms in total. The lowest BCUT2D eigenvalue weighted by molar-refractivity contribution is 0.413. The van der Waals surface area contributed by atoms with E-state index in [1.807, 2.05) is 6.26 Å². The summed E-state index contributed by atoms with van der Waals surface area (Å²) in [6.45, 7) is 29.7. The fourth-order valence-corrected chi connectivity index (χ4v) is 15.4. The van der Waals surface area contributed by atoms with Crippen LogP contribution in [0.5, 0.6) is 0 Å². The highest BCUT2D eigenvalue weighted by molar-refractivity contribution is 6.78. The van der Waals surface area contributed by atoms with Crippen molar-refractivity contribution in [2.24, 2.45) is 5.92 Å². The topological polar surface area (TPSA) is 18.5 Å². The minimum atomic E-state index is -1.92. The van der Waals surface area contributed by atoms with Crippen LogP contribution in [0.2, 0.25) is 33.2 Å². The van der Waals surface area contributed by atoms with Crippen LogP contribution in [-0.2, 0) is 8.85 Å². The van der Waals surface area contributed by atoms with Gasteiger partial charge in [-0.3, -0.25) is 0 Å². The monoisotopic (exact) mass is 424 g/mol. The molecule has 0 heterocycles. The Hall–Kier alpha value is -0.666. The molecular weight excluding hydrogens is 376 g/mol. The number of rotatable bonds is 10. The van der Waals surface area contributed by atoms with E-state index in [0.717, 1.165) is 0 Å². The van der Waals surface area contributed by atoms with Gasteiger partial charge >= 0.3 is 0 Å². The lowest BCUT2D eigenvalue weighted by Gasteiger charge is -2.41. The average molecular weight is 425 g/mol. The van der Waals surface area contributed by atoms with Gasteiger partial charge in [0.15, 0.2) is 0 Å². The predicted molar refractivity (Wildman–Crippen MR) is 130 cm³/mol. The van der Waals surface area contributed by atoms with E-state index >= 15 is 0 Å². The second-order valence-electron chi connectivity index (χ2n) is 10.2. The van der Waals surface area contributed by atoms with Crippen LogP contribution < -0.4 is 0 Å². The standard InChI is InChI=1S/C24H48O2Si2/c1-18(2)27(19(3)4,20(5)6)25-16-14-24(13)15-17-26-28(21(7)8,22(9)10)23(11)12/h14,16,18-24H,1-13H3/b16-14+. The van der Waals surface area contributed by atoms with E-state index in [1.54, 1.807) is 0 Å². The smallest absolute Gasteiger partial charge is 0.272 e. The minimum Gasteiger partial charge on any atom is -0.548 e. The van der Waals surface area contributed by atoms with Crippen molar-refractivity contribution in [3.8, 4) is 12.0 Å². The fourth-order valence-electron chi connectivity index (χ4n) is 5.30. The molecule has 0 rings (SSSR count). The van der Waals surface area contributed by atoms with Gasteiger partial charge in [-0.15, -0.1) is 0 Å². The number of hydrogen-bond acceptors (Lipinski definition) is 2. The quantitative estimate of drug-likeness (QED) is 0.199. The molecule has 0 aliphatic rings. The third-order valence-corrected chi connectivity index (χ3v) is 18.4. The van der Waals surface area contributed by atoms with Crippen LogP contribution >= 0.6 is 0 Å². The van der Waals surface area contributed by atoms with Gasteiger partial charge < -0.3 is 8.85 Å². The van der Waals surface area contributed by atoms with Crippen LogP contribution in [0.25, 0.3) is 0 Å². The van der Waals surface area contributed by atoms with E-state index < -0.39 is 16.6 Å². The van der Waals surface area contributed by atoms with Crippen molar-refractivity contribution in [3.63, 3.8) is 0 Å². The predicted octanol–water partition coefficient (Wildman–Crippen LogP) is 8.48. The lowest BCUT2D eigenvalue weighted by atomic mass is 10.2. The highest BCUT2D eigenvalue weighted by Crippen LogP contribution is 2.43. The van der Waals surface area contributed by atoms with Crippen molar-refractivity contribution in [3.05, 3.63) is 12.3 Å². The molecule has 0 bridgehead atoms. The van der Waals surface area contributed by atoms with Crippen molar-refractivity contribution in [2.75, 3.05) is 0 Å². The van der Waals surface area contributed by atoms with Crippen molar-refractivity contribution < 1.29 is 8.85 Å². The normalized spacial score (nSPS) is 14.5. The molecule has 0 radical (unpaired) electrons. The van der Waals surface area contributed by atoms with Crippen molar-refractivity contribution in [2.45, 2.75) is 123 Å². The summed E-state index contributed by atoms with van der Waals surface area (Å²) in [6.07, 6.45) is 7.13. The highest BCUT2D eigenvalue weighted by atomic mass is 28.4. The van der Waals surface area contributed by atoms with Crippen molar-refractivity contribution >= 4 is 16.6 Å². The zero-order valence-corrected chi connectivity index (χ0v) is 23.0. The van der Waals surface area contributed by atoms with Gasteiger partial charge in [-0.05, 0) is 46.2 Å². The van der Waals surface area contributed by atoms with Crippen LogP contribution in [0.15, 0.2) is 12.3 Å². The SMILES string of the molecule is CC(C#CO[Si](C(C)C)(C(C)C)C(C)C)/C=C/O[Si](C(C)C)(C(C)C)C(C)C. The first kappa shape index (κ1) is 27.3. The third-order valence-electron chi connectivity index (χ3n) is 6.57. The molecular formula is C24H48O2Si2. The Bertz CT molecular complexity index is 493. The van der Waals surface area contributed by atoms with Gasteiger partial charge in [-0.1, -0.05) is 89.0 Å². The molecule has 0 aliphatic carbocycles. The maximum absolute atomic E-state index is 6.51. The van der Waals surface area contributed by atoms with Crippen LogP contribution in [0.4, 0.5) is 0 Å². The van der Waals surface area contributed by atoms with Gasteiger partial charge in [0.1, 0.15) is 0 Å². The molecule has 0 N–H and O–H groups in total. The van der Waals surface area contributed by atoms with E-state index in [9.17, 15) is 0 Å². The Morgan fingerprint density at radius 1 is 0.571 bits per heavy atom. The van der Waals surface area contributed by atoms with Gasteiger partial charge in [0.05, 0.1) is 12.4 Å². The summed E-state index contributed by atoms with van der Waals surface area (Å²) >= 11 is 0. The van der Waals surface area contributed by atoms with Crippen LogP contribution in [0.1, 0.15) is 90.0 Å². The molecule has 0 amide bonds. The van der Waals surface area contributed by atoms with Gasteiger partial charge in [0.25, 0.3) is 16.6 Å². The molecule has 0 spiro atoms. The Morgan fingerprint density at radius 3 is 1.25 bits per heavy atom. The summed E-state index contributed by atoms with van der Waals surface area (Å²) in [5, 5.41) is 0. The molecule has 0 aromatic rings. The molecule has 0 saturated heterocycles. The van der Waals surface area contributed by atoms with E-state index in [-0.39, 0.29) is 5.92 Å². The zero-order chi connectivity index (χ0) is 22.3. The van der Waals surface area contributed by atoms with Gasteiger partial charge in [0.2, 0.25) is 0 Å². The van der Waals surface area contributed by atoms with Gasteiger partial charge in [-0.25, -0.2) is 0 Å². The molecule has 0 aliphatic heterocycles. The summed E-state index contributed by atoms with van der Waals surface area (Å²) in [5.74, 6) is 3.41. The van der Waals surface area contributed by atoms with Crippen LogP contribution in [0, 0.1) is 17.9 Å². The molecule has 4 heteroatoms. The average Bonchev–Trinajstić information content (AvgIpc) is 2.53. The van der Waals surface area contributed by atoms with Gasteiger partial charge in [0, 0.05) is 5.92 Å². The summed E-state index contributed by atoms with van der Waals surface area (Å²) < 4.78 is 12.9. The van der Waals surface area contributed by atoms with Crippen LogP contribution in [0.3, 0.4) is 0 Å². The molecule has 1 atom stereocenters. The highest BCUT2D eigenvalue weighted by Gasteiger charge is 2.47. The molecule has 1 unspecified atom stereocenters. The Labute approximate surface area is 179 Å². The van der Waals surface area contributed by atoms with E-state index in [2.05, 4.69) is 108 Å². The van der Waals surface area contributed by atoms with Gasteiger partial charge in [-0.2, -0.15) is 0 Å². The van der Waals surface area contributed by atoms with Crippen molar-refractivity contribution in [1.29, 1.82) is 0 Å². The molecule has 0 fully saturated rings. The number of allylic oxidation sites excluding steroid dienone is 1. The lowest BCUT2D eigenvalue weighted by Crippen LogP contribution is -2.46. The summed E-state index contributed by atoms with van der Waals surface area (Å²) in [7, 11) is -3.78. The van der Waals surface area contributed by atoms with Crippen LogP contribution in [-0.4, -0.2) is 16.6 Å². The summed E-state index contributed by atoms with van der Waals surface area (Å²) in [5.41, 5.74) is 3.38. The minimum absolute atomic E-state index is 0.122. The zero-order valence-electron chi connectivity index (χ0n) is 21.0. The molecule has 164 valence electrons. The van der Waals surface area contributed by atoms with E-state index in [4.69, 9.17) is 8.85 Å². The second kappa shape index (κ2) is 11.5. The molecule has 0 aromatic heterocycles. The first-order valence-electron chi connectivity index (χ1n) is 11.3. The Morgan fingerprint density at radius 2 is 0.929 bits per heavy atom. The van der Waals surface area contributed by atoms with Crippen molar-refractivity contribution in [1.82, 2.24) is 0 Å². The molecule has 28 heavy (non-hydrogen) atoms. The largest absolute Gasteiger partial charge is 0.548 e.